The number of aryl methyl sites for hydroxylation is 1. The van der Waals surface area contributed by atoms with Crippen molar-refractivity contribution in [3.63, 3.8) is 0 Å². The van der Waals surface area contributed by atoms with Crippen molar-refractivity contribution in [3.05, 3.63) is 76.8 Å². The minimum atomic E-state index is -0.483. The molecule has 8 heteroatoms. The van der Waals surface area contributed by atoms with E-state index >= 15 is 0 Å². The maximum atomic E-state index is 12.8. The summed E-state index contributed by atoms with van der Waals surface area (Å²) in [7, 11) is 0. The molecule has 0 radical (unpaired) electrons. The molecule has 0 bridgehead atoms. The minimum Gasteiger partial charge on any atom is -0.360 e. The van der Waals surface area contributed by atoms with Crippen LogP contribution in [0.2, 0.25) is 5.02 Å². The number of amides is 2. The number of pyridine rings is 1. The van der Waals surface area contributed by atoms with Crippen molar-refractivity contribution in [2.75, 3.05) is 11.9 Å². The second kappa shape index (κ2) is 9.14. The molecule has 0 saturated heterocycles. The van der Waals surface area contributed by atoms with E-state index in [1.807, 2.05) is 12.1 Å². The number of nitrogens with zero attached hydrogens (tertiary/aromatic N) is 2. The van der Waals surface area contributed by atoms with E-state index in [9.17, 15) is 9.59 Å². The quantitative estimate of drug-likeness (QED) is 0.637. The van der Waals surface area contributed by atoms with Crippen molar-refractivity contribution in [2.24, 2.45) is 0 Å². The number of carbonyl (C=O) groups is 2. The SMILES string of the molecule is Cc1cc(NC(=O)CNC(=O)C(Cc2cccnc2)c2ccc(Cl)cc2)no1. The molecule has 2 amide bonds. The smallest absolute Gasteiger partial charge is 0.245 e. The maximum absolute atomic E-state index is 12.8. The molecule has 3 rings (SSSR count). The number of anilines is 1. The Morgan fingerprint density at radius 3 is 2.64 bits per heavy atom. The molecule has 1 atom stereocenters. The molecule has 7 nitrogen and oxygen atoms in total. The van der Waals surface area contributed by atoms with E-state index in [1.165, 1.54) is 0 Å². The largest absolute Gasteiger partial charge is 0.360 e. The van der Waals surface area contributed by atoms with E-state index in [-0.39, 0.29) is 12.5 Å². The average molecular weight is 399 g/mol. The second-order valence-corrected chi connectivity index (χ2v) is 6.69. The fraction of sp³-hybridized carbons (Fsp3) is 0.200. The van der Waals surface area contributed by atoms with E-state index < -0.39 is 11.8 Å². The Balaban J connectivity index is 1.67. The third-order valence-corrected chi connectivity index (χ3v) is 4.32. The summed E-state index contributed by atoms with van der Waals surface area (Å²) in [6.07, 6.45) is 3.85. The highest BCUT2D eigenvalue weighted by Crippen LogP contribution is 2.23. The summed E-state index contributed by atoms with van der Waals surface area (Å²) < 4.78 is 4.89. The van der Waals surface area contributed by atoms with Gasteiger partial charge in [0.15, 0.2) is 5.82 Å². The van der Waals surface area contributed by atoms with Crippen molar-refractivity contribution in [1.82, 2.24) is 15.5 Å². The number of hydrogen-bond acceptors (Lipinski definition) is 5. The Bertz CT molecular complexity index is 942. The van der Waals surface area contributed by atoms with Gasteiger partial charge in [-0.3, -0.25) is 14.6 Å². The zero-order valence-electron chi connectivity index (χ0n) is 15.2. The monoisotopic (exact) mass is 398 g/mol. The van der Waals surface area contributed by atoms with E-state index in [1.54, 1.807) is 49.6 Å². The van der Waals surface area contributed by atoms with Gasteiger partial charge in [0.25, 0.3) is 0 Å². The molecule has 1 aromatic carbocycles. The van der Waals surface area contributed by atoms with E-state index in [0.29, 0.717) is 23.0 Å². The van der Waals surface area contributed by atoms with Gasteiger partial charge in [-0.25, -0.2) is 0 Å². The maximum Gasteiger partial charge on any atom is 0.245 e. The van der Waals surface area contributed by atoms with Gasteiger partial charge in [0.1, 0.15) is 5.76 Å². The third kappa shape index (κ3) is 5.40. The fourth-order valence-corrected chi connectivity index (χ4v) is 2.84. The fourth-order valence-electron chi connectivity index (χ4n) is 2.71. The molecule has 2 aromatic heterocycles. The molecule has 28 heavy (non-hydrogen) atoms. The normalized spacial score (nSPS) is 11.6. The number of hydrogen-bond donors (Lipinski definition) is 2. The van der Waals surface area contributed by atoms with Crippen LogP contribution in [0.15, 0.2) is 59.4 Å². The van der Waals surface area contributed by atoms with Crippen LogP contribution >= 0.6 is 11.6 Å². The summed E-state index contributed by atoms with van der Waals surface area (Å²) in [6, 6.07) is 12.4. The average Bonchev–Trinajstić information content (AvgIpc) is 3.10. The highest BCUT2D eigenvalue weighted by atomic mass is 35.5. The standard InChI is InChI=1S/C20H19ClN4O3/c1-13-9-18(25-28-13)24-19(26)12-23-20(27)17(10-14-3-2-8-22-11-14)15-4-6-16(21)7-5-15/h2-9,11,17H,10,12H2,1H3,(H,23,27)(H,24,25,26). The van der Waals surface area contributed by atoms with E-state index in [4.69, 9.17) is 16.1 Å². The lowest BCUT2D eigenvalue weighted by Gasteiger charge is -2.17. The van der Waals surface area contributed by atoms with Crippen molar-refractivity contribution >= 4 is 29.2 Å². The van der Waals surface area contributed by atoms with Crippen molar-refractivity contribution < 1.29 is 14.1 Å². The van der Waals surface area contributed by atoms with Crippen LogP contribution in [-0.2, 0) is 16.0 Å². The summed E-state index contributed by atoms with van der Waals surface area (Å²) in [5, 5.41) is 9.53. The van der Waals surface area contributed by atoms with E-state index in [0.717, 1.165) is 11.1 Å². The first-order chi connectivity index (χ1) is 13.5. The predicted octanol–water partition coefficient (Wildman–Crippen LogP) is 3.11. The van der Waals surface area contributed by atoms with Crippen LogP contribution in [0, 0.1) is 6.92 Å². The zero-order chi connectivity index (χ0) is 19.9. The van der Waals surface area contributed by atoms with Crippen molar-refractivity contribution in [3.8, 4) is 0 Å². The van der Waals surface area contributed by atoms with Crippen LogP contribution in [-0.4, -0.2) is 28.5 Å². The minimum absolute atomic E-state index is 0.179. The first-order valence-corrected chi connectivity index (χ1v) is 9.04. The molecule has 0 aliphatic carbocycles. The Labute approximate surface area is 167 Å². The van der Waals surface area contributed by atoms with Gasteiger partial charge in [0, 0.05) is 23.5 Å². The van der Waals surface area contributed by atoms with Crippen LogP contribution in [0.4, 0.5) is 5.82 Å². The first-order valence-electron chi connectivity index (χ1n) is 8.66. The van der Waals surface area contributed by atoms with Gasteiger partial charge >= 0.3 is 0 Å². The molecule has 1 unspecified atom stereocenters. The van der Waals surface area contributed by atoms with E-state index in [2.05, 4.69) is 20.8 Å². The molecule has 3 aromatic rings. The lowest BCUT2D eigenvalue weighted by Crippen LogP contribution is -2.36. The molecular formula is C20H19ClN4O3. The third-order valence-electron chi connectivity index (χ3n) is 4.07. The Morgan fingerprint density at radius 1 is 1.21 bits per heavy atom. The van der Waals surface area contributed by atoms with Gasteiger partial charge in [-0.05, 0) is 42.7 Å². The Kier molecular flexibility index (Phi) is 6.39. The summed E-state index contributed by atoms with van der Waals surface area (Å²) >= 11 is 5.96. The number of carbonyl (C=O) groups excluding carboxylic acids is 2. The van der Waals surface area contributed by atoms with Gasteiger partial charge in [-0.2, -0.15) is 0 Å². The van der Waals surface area contributed by atoms with Crippen LogP contribution in [0.1, 0.15) is 22.8 Å². The highest BCUT2D eigenvalue weighted by molar-refractivity contribution is 6.30. The number of benzene rings is 1. The van der Waals surface area contributed by atoms with Gasteiger partial charge < -0.3 is 15.2 Å². The lowest BCUT2D eigenvalue weighted by atomic mass is 9.92. The van der Waals surface area contributed by atoms with Gasteiger partial charge in [0.05, 0.1) is 12.5 Å². The van der Waals surface area contributed by atoms with Crippen LogP contribution in [0.25, 0.3) is 0 Å². The molecule has 0 aliphatic rings. The topological polar surface area (TPSA) is 97.1 Å². The Hall–Kier alpha value is -3.19. The molecule has 0 aliphatic heterocycles. The molecule has 144 valence electrons. The second-order valence-electron chi connectivity index (χ2n) is 6.26. The summed E-state index contributed by atoms with van der Waals surface area (Å²) in [5.74, 6) is -0.251. The molecule has 2 N–H and O–H groups in total. The molecular weight excluding hydrogens is 380 g/mol. The molecule has 0 saturated carbocycles. The predicted molar refractivity (Wildman–Crippen MR) is 105 cm³/mol. The van der Waals surface area contributed by atoms with Crippen molar-refractivity contribution in [2.45, 2.75) is 19.3 Å². The van der Waals surface area contributed by atoms with Gasteiger partial charge in [0.2, 0.25) is 11.8 Å². The highest BCUT2D eigenvalue weighted by Gasteiger charge is 2.22. The molecule has 2 heterocycles. The van der Waals surface area contributed by atoms with Crippen LogP contribution in [0.3, 0.4) is 0 Å². The molecule has 0 spiro atoms. The number of nitrogens with one attached hydrogen (secondary N) is 2. The molecule has 0 fully saturated rings. The van der Waals surface area contributed by atoms with Crippen LogP contribution < -0.4 is 10.6 Å². The summed E-state index contributed by atoms with van der Waals surface area (Å²) in [4.78, 5) is 29.0. The summed E-state index contributed by atoms with van der Waals surface area (Å²) in [5.41, 5.74) is 1.72. The number of halogens is 1. The van der Waals surface area contributed by atoms with Gasteiger partial charge in [-0.1, -0.05) is 35.0 Å². The van der Waals surface area contributed by atoms with Gasteiger partial charge in [-0.15, -0.1) is 0 Å². The lowest BCUT2D eigenvalue weighted by molar-refractivity contribution is -0.125. The zero-order valence-corrected chi connectivity index (χ0v) is 15.9. The summed E-state index contributed by atoms with van der Waals surface area (Å²) in [6.45, 7) is 1.54. The van der Waals surface area contributed by atoms with Crippen molar-refractivity contribution in [1.29, 1.82) is 0 Å². The Morgan fingerprint density at radius 2 is 2.00 bits per heavy atom. The first kappa shape index (κ1) is 19.6. The van der Waals surface area contributed by atoms with Crippen LogP contribution in [0.5, 0.6) is 0 Å². The number of rotatable bonds is 7. The number of aromatic nitrogens is 2.